The molecule has 0 aliphatic heterocycles. The molecule has 10 N–H and O–H groups in total. The molecule has 272 valence electrons. The van der Waals surface area contributed by atoms with Crippen molar-refractivity contribution in [3.63, 3.8) is 0 Å². The van der Waals surface area contributed by atoms with E-state index < -0.39 is 90.2 Å². The van der Waals surface area contributed by atoms with Gasteiger partial charge in [-0.1, -0.05) is 48.0 Å². The summed E-state index contributed by atoms with van der Waals surface area (Å²) in [6.45, 7) is 10.1. The Morgan fingerprint density at radius 1 is 0.854 bits per heavy atom. The van der Waals surface area contributed by atoms with Crippen molar-refractivity contribution in [2.45, 2.75) is 103 Å². The number of rotatable bonds is 22. The van der Waals surface area contributed by atoms with Gasteiger partial charge in [0.25, 0.3) is 0 Å². The van der Waals surface area contributed by atoms with Crippen molar-refractivity contribution in [1.82, 2.24) is 36.6 Å². The Kier molecular flexibility index (Phi) is 18.8. The second-order valence-electron chi connectivity index (χ2n) is 12.6. The zero-order valence-corrected chi connectivity index (χ0v) is 29.7. The third kappa shape index (κ3) is 14.2. The molecule has 1 aromatic heterocycles. The number of hydrogen-bond acceptors (Lipinski definition) is 10. The average Bonchev–Trinajstić information content (AvgIpc) is 3.55. The largest absolute Gasteiger partial charge is 0.480 e. The summed E-state index contributed by atoms with van der Waals surface area (Å²) in [5, 5.41) is 32.0. The summed E-state index contributed by atoms with van der Waals surface area (Å²) >= 11 is 1.45. The van der Waals surface area contributed by atoms with Gasteiger partial charge in [-0.25, -0.2) is 9.78 Å². The van der Waals surface area contributed by atoms with Gasteiger partial charge in [-0.05, 0) is 42.6 Å². The summed E-state index contributed by atoms with van der Waals surface area (Å²) in [4.78, 5) is 85.0. The molecule has 5 amide bonds. The molecule has 17 heteroatoms. The summed E-state index contributed by atoms with van der Waals surface area (Å²) in [5.41, 5.74) is 6.16. The first-order chi connectivity index (χ1) is 22.6. The van der Waals surface area contributed by atoms with E-state index in [4.69, 9.17) is 5.73 Å². The number of nitrogens with zero attached hydrogens (tertiary/aromatic N) is 1. The number of aliphatic hydroxyl groups excluding tert-OH is 1. The van der Waals surface area contributed by atoms with E-state index in [2.05, 4.69) is 36.6 Å². The van der Waals surface area contributed by atoms with Crippen LogP contribution in [0.2, 0.25) is 0 Å². The molecule has 1 aromatic rings. The predicted molar refractivity (Wildman–Crippen MR) is 181 cm³/mol. The summed E-state index contributed by atoms with van der Waals surface area (Å²) in [6, 6.07) is -6.87. The van der Waals surface area contributed by atoms with Crippen LogP contribution < -0.4 is 32.3 Å². The van der Waals surface area contributed by atoms with Crippen molar-refractivity contribution in [3.05, 3.63) is 18.2 Å². The third-order valence-corrected chi connectivity index (χ3v) is 8.39. The number of aromatic nitrogens is 2. The number of nitrogens with one attached hydrogen (secondary N) is 6. The van der Waals surface area contributed by atoms with Gasteiger partial charge in [0.15, 0.2) is 0 Å². The Morgan fingerprint density at radius 2 is 1.42 bits per heavy atom. The number of carboxylic acids is 1. The van der Waals surface area contributed by atoms with E-state index >= 15 is 0 Å². The van der Waals surface area contributed by atoms with Crippen LogP contribution in [0.15, 0.2) is 12.5 Å². The zero-order valence-electron chi connectivity index (χ0n) is 28.9. The van der Waals surface area contributed by atoms with Crippen LogP contribution in [0.4, 0.5) is 0 Å². The van der Waals surface area contributed by atoms with Gasteiger partial charge >= 0.3 is 5.97 Å². The Hall–Kier alpha value is -3.70. The number of aliphatic carboxylic acids is 1. The van der Waals surface area contributed by atoms with Gasteiger partial charge in [-0.2, -0.15) is 11.8 Å². The maximum Gasteiger partial charge on any atom is 0.326 e. The highest BCUT2D eigenvalue weighted by atomic mass is 32.2. The molecule has 0 fully saturated rings. The van der Waals surface area contributed by atoms with Gasteiger partial charge < -0.3 is 47.5 Å². The van der Waals surface area contributed by atoms with Crippen molar-refractivity contribution in [1.29, 1.82) is 0 Å². The number of carbonyl (C=O) groups excluding carboxylic acids is 5. The molecule has 16 nitrogen and oxygen atoms in total. The van der Waals surface area contributed by atoms with Gasteiger partial charge in [-0.15, -0.1) is 0 Å². The Bertz CT molecular complexity index is 1200. The molecule has 0 spiro atoms. The molecule has 0 aliphatic rings. The number of carboxylic acid groups (broad SMARTS) is 1. The molecule has 7 atom stereocenters. The topological polar surface area (TPSA) is 258 Å². The van der Waals surface area contributed by atoms with Crippen molar-refractivity contribution in [3.8, 4) is 0 Å². The van der Waals surface area contributed by atoms with Crippen LogP contribution in [0.1, 0.15) is 66.5 Å². The lowest BCUT2D eigenvalue weighted by Gasteiger charge is -2.30. The Morgan fingerprint density at radius 3 is 1.92 bits per heavy atom. The average molecular weight is 699 g/mol. The molecule has 0 saturated heterocycles. The molecule has 0 unspecified atom stereocenters. The van der Waals surface area contributed by atoms with Gasteiger partial charge in [-0.3, -0.25) is 24.0 Å². The first kappa shape index (κ1) is 42.3. The molecular formula is C31H54N8O8S. The number of imidazole rings is 1. The number of amides is 5. The van der Waals surface area contributed by atoms with E-state index in [1.54, 1.807) is 20.8 Å². The minimum atomic E-state index is -1.27. The highest BCUT2D eigenvalue weighted by Crippen LogP contribution is 2.13. The quantitative estimate of drug-likeness (QED) is 0.0730. The molecular weight excluding hydrogens is 644 g/mol. The fourth-order valence-electron chi connectivity index (χ4n) is 4.65. The number of aromatic amines is 1. The van der Waals surface area contributed by atoms with E-state index in [1.165, 1.54) is 24.3 Å². The Balaban J connectivity index is 3.21. The second-order valence-corrected chi connectivity index (χ2v) is 13.6. The predicted octanol–water partition coefficient (Wildman–Crippen LogP) is -0.718. The molecule has 1 heterocycles. The zero-order chi connectivity index (χ0) is 36.6. The van der Waals surface area contributed by atoms with Crippen LogP contribution >= 0.6 is 11.8 Å². The highest BCUT2D eigenvalue weighted by Gasteiger charge is 2.35. The summed E-state index contributed by atoms with van der Waals surface area (Å²) in [7, 11) is 0. The van der Waals surface area contributed by atoms with Crippen molar-refractivity contribution in [2.75, 3.05) is 18.6 Å². The first-order valence-electron chi connectivity index (χ1n) is 16.1. The van der Waals surface area contributed by atoms with Gasteiger partial charge in [0.1, 0.15) is 36.3 Å². The van der Waals surface area contributed by atoms with E-state index in [9.17, 15) is 39.0 Å². The standard InChI is InChI=1S/C31H54N8O8S/c1-8-18(6)25(39-28(43)23(12-19-13-33-15-34-19)36-26(41)20(32)14-40)30(45)38-24(17(4)5)29(44)37-22(11-16(2)3)27(42)35-21(31(46)47)9-10-48-7/h13,15-18,20-25,40H,8-12,14,32H2,1-7H3,(H,33,34)(H,35,42)(H,36,41)(H,37,44)(H,38,45)(H,39,43)(H,46,47)/t18-,20-,21-,22-,23-,24-,25-/m0/s1. The van der Waals surface area contributed by atoms with Crippen molar-refractivity contribution < 1.29 is 39.0 Å². The highest BCUT2D eigenvalue weighted by molar-refractivity contribution is 7.98. The van der Waals surface area contributed by atoms with E-state index in [0.29, 0.717) is 17.9 Å². The van der Waals surface area contributed by atoms with Crippen LogP contribution in [0.5, 0.6) is 0 Å². The minimum Gasteiger partial charge on any atom is -0.480 e. The number of hydrogen-bond donors (Lipinski definition) is 9. The lowest BCUT2D eigenvalue weighted by atomic mass is 9.95. The Labute approximate surface area is 286 Å². The number of H-pyrrole nitrogens is 1. The molecule has 0 bridgehead atoms. The van der Waals surface area contributed by atoms with Gasteiger partial charge in [0, 0.05) is 18.3 Å². The van der Waals surface area contributed by atoms with Crippen LogP contribution in [-0.2, 0) is 35.2 Å². The number of thioether (sulfide) groups is 1. The number of aliphatic hydroxyl groups is 1. The number of nitrogens with two attached hydrogens (primary N) is 1. The molecule has 0 saturated carbocycles. The molecule has 0 aromatic carbocycles. The fourth-order valence-corrected chi connectivity index (χ4v) is 5.12. The first-order valence-corrected chi connectivity index (χ1v) is 17.5. The summed E-state index contributed by atoms with van der Waals surface area (Å²) in [5.74, 6) is -4.95. The van der Waals surface area contributed by atoms with Crippen LogP contribution in [-0.4, -0.2) is 111 Å². The molecule has 48 heavy (non-hydrogen) atoms. The molecule has 0 radical (unpaired) electrons. The second kappa shape index (κ2) is 21.3. The lowest BCUT2D eigenvalue weighted by Crippen LogP contribution is -2.61. The number of carbonyl (C=O) groups is 6. The molecule has 0 aliphatic carbocycles. The van der Waals surface area contributed by atoms with Crippen molar-refractivity contribution >= 4 is 47.3 Å². The smallest absolute Gasteiger partial charge is 0.326 e. The van der Waals surface area contributed by atoms with Crippen molar-refractivity contribution in [2.24, 2.45) is 23.5 Å². The SMILES string of the molecule is CC[C@H](C)[C@H](NC(=O)[C@H](Cc1cnc[nH]1)NC(=O)[C@@H](N)CO)C(=O)N[C@H](C(=O)N[C@@H](CC(C)C)C(=O)N[C@@H](CCSC)C(=O)O)C(C)C. The van der Waals surface area contributed by atoms with Gasteiger partial charge in [0.05, 0.1) is 12.9 Å². The fraction of sp³-hybridized carbons (Fsp3) is 0.710. The third-order valence-electron chi connectivity index (χ3n) is 7.75. The summed E-state index contributed by atoms with van der Waals surface area (Å²) in [6.07, 6.45) is 5.60. The normalized spacial score (nSPS) is 15.7. The van der Waals surface area contributed by atoms with Crippen LogP contribution in [0.3, 0.4) is 0 Å². The minimum absolute atomic E-state index is 0.0130. The molecule has 1 rings (SSSR count). The summed E-state index contributed by atoms with van der Waals surface area (Å²) < 4.78 is 0. The lowest BCUT2D eigenvalue weighted by molar-refractivity contribution is -0.142. The van der Waals surface area contributed by atoms with Crippen LogP contribution in [0, 0.1) is 17.8 Å². The van der Waals surface area contributed by atoms with Gasteiger partial charge in [0.2, 0.25) is 29.5 Å². The monoisotopic (exact) mass is 698 g/mol. The van der Waals surface area contributed by atoms with E-state index in [1.807, 2.05) is 27.0 Å². The van der Waals surface area contributed by atoms with Crippen LogP contribution in [0.25, 0.3) is 0 Å². The van der Waals surface area contributed by atoms with E-state index in [-0.39, 0.29) is 25.2 Å². The maximum absolute atomic E-state index is 13.7. The van der Waals surface area contributed by atoms with E-state index in [0.717, 1.165) is 0 Å². The maximum atomic E-state index is 13.7.